The van der Waals surface area contributed by atoms with E-state index >= 15 is 0 Å². The van der Waals surface area contributed by atoms with Gasteiger partial charge in [-0.1, -0.05) is 19.9 Å². The van der Waals surface area contributed by atoms with Crippen molar-refractivity contribution in [1.82, 2.24) is 0 Å². The minimum atomic E-state index is -1.12. The number of aliphatic carboxylic acids is 1. The maximum Gasteiger partial charge on any atom is 0.728 e. The molecule has 0 radical (unpaired) electrons. The molecule has 5 nitrogen and oxygen atoms in total. The smallest absolute Gasteiger partial charge is 0.480 e. The van der Waals surface area contributed by atoms with Crippen LogP contribution in [0, 0.1) is 17.4 Å². The monoisotopic (exact) mass is 254 g/mol. The summed E-state index contributed by atoms with van der Waals surface area (Å²) in [7, 11) is 0. The second kappa shape index (κ2) is 5.67. The first-order valence-electron chi connectivity index (χ1n) is 5.55. The van der Waals surface area contributed by atoms with Crippen molar-refractivity contribution in [2.24, 2.45) is 11.3 Å². The zero-order chi connectivity index (χ0) is 14.6. The zero-order valence-electron chi connectivity index (χ0n) is 11.5. The van der Waals surface area contributed by atoms with E-state index in [9.17, 15) is 9.59 Å². The van der Waals surface area contributed by atoms with Crippen LogP contribution in [0.15, 0.2) is 12.7 Å². The number of nitrogens with zero attached hydrogens (tertiary/aromatic N) is 1. The molecule has 5 heteroatoms. The minimum Gasteiger partial charge on any atom is -0.480 e. The van der Waals surface area contributed by atoms with Gasteiger partial charge >= 0.3 is 18.1 Å². The van der Waals surface area contributed by atoms with Gasteiger partial charge in [-0.2, -0.15) is 4.79 Å². The van der Waals surface area contributed by atoms with Crippen LogP contribution in [0.2, 0.25) is 0 Å². The van der Waals surface area contributed by atoms with Crippen LogP contribution in [0.3, 0.4) is 0 Å². The Labute approximate surface area is 107 Å². The van der Waals surface area contributed by atoms with E-state index in [1.165, 1.54) is 6.08 Å². The SMILES string of the molecule is C=CC(C)(C)C(C#[N+]C(=O)OC(C)(C)C)C(=O)O. The average Bonchev–Trinajstić information content (AvgIpc) is 2.14. The van der Waals surface area contributed by atoms with Gasteiger partial charge in [0.15, 0.2) is 5.92 Å². The summed E-state index contributed by atoms with van der Waals surface area (Å²) < 4.78 is 4.93. The van der Waals surface area contributed by atoms with Crippen LogP contribution in [0.1, 0.15) is 34.6 Å². The van der Waals surface area contributed by atoms with Crippen molar-refractivity contribution < 1.29 is 19.4 Å². The van der Waals surface area contributed by atoms with Crippen LogP contribution in [0.25, 0.3) is 4.85 Å². The van der Waals surface area contributed by atoms with Crippen molar-refractivity contribution in [1.29, 1.82) is 0 Å². The molecule has 0 spiro atoms. The molecular weight excluding hydrogens is 234 g/mol. The van der Waals surface area contributed by atoms with E-state index in [0.717, 1.165) is 0 Å². The Morgan fingerprint density at radius 1 is 1.33 bits per heavy atom. The minimum absolute atomic E-state index is 0.672. The number of hydrogen-bond donors (Lipinski definition) is 1. The molecule has 18 heavy (non-hydrogen) atoms. The van der Waals surface area contributed by atoms with Gasteiger partial charge in [0.2, 0.25) is 0 Å². The second-order valence-corrected chi connectivity index (χ2v) is 5.52. The van der Waals surface area contributed by atoms with Gasteiger partial charge in [-0.15, -0.1) is 6.58 Å². The summed E-state index contributed by atoms with van der Waals surface area (Å²) >= 11 is 0. The molecular formula is C13H20NO4+. The number of hydrogen-bond acceptors (Lipinski definition) is 3. The fourth-order valence-corrected chi connectivity index (χ4v) is 1.06. The average molecular weight is 254 g/mol. The third kappa shape index (κ3) is 5.48. The van der Waals surface area contributed by atoms with Gasteiger partial charge in [0.05, 0.1) is 4.85 Å². The van der Waals surface area contributed by atoms with Gasteiger partial charge in [-0.25, -0.2) is 0 Å². The summed E-state index contributed by atoms with van der Waals surface area (Å²) in [4.78, 5) is 25.8. The molecule has 0 heterocycles. The Morgan fingerprint density at radius 3 is 2.17 bits per heavy atom. The van der Waals surface area contributed by atoms with E-state index in [-0.39, 0.29) is 0 Å². The number of allylic oxidation sites excluding steroid dienone is 1. The molecule has 0 aromatic heterocycles. The lowest BCUT2D eigenvalue weighted by Crippen LogP contribution is -2.28. The lowest BCUT2D eigenvalue weighted by atomic mass is 9.80. The summed E-state index contributed by atoms with van der Waals surface area (Å²) in [6, 6.07) is 2.31. The first kappa shape index (κ1) is 16.2. The lowest BCUT2D eigenvalue weighted by molar-refractivity contribution is -0.142. The molecule has 1 amide bonds. The Hall–Kier alpha value is -1.83. The highest BCUT2D eigenvalue weighted by Gasteiger charge is 2.37. The van der Waals surface area contributed by atoms with Crippen molar-refractivity contribution in [2.45, 2.75) is 40.2 Å². The normalized spacial score (nSPS) is 12.9. The van der Waals surface area contributed by atoms with Crippen LogP contribution in [-0.2, 0) is 9.53 Å². The molecule has 0 bridgehead atoms. The highest BCUT2D eigenvalue weighted by Crippen LogP contribution is 2.27. The van der Waals surface area contributed by atoms with Crippen molar-refractivity contribution in [3.05, 3.63) is 17.5 Å². The zero-order valence-corrected chi connectivity index (χ0v) is 11.5. The van der Waals surface area contributed by atoms with Crippen molar-refractivity contribution >= 4 is 12.1 Å². The first-order valence-corrected chi connectivity index (χ1v) is 5.55. The van der Waals surface area contributed by atoms with E-state index in [2.05, 4.69) is 17.5 Å². The highest BCUT2D eigenvalue weighted by molar-refractivity contribution is 5.82. The third-order valence-corrected chi connectivity index (χ3v) is 2.20. The Kier molecular flexibility index (Phi) is 5.10. The van der Waals surface area contributed by atoms with Gasteiger partial charge in [0, 0.05) is 5.41 Å². The third-order valence-electron chi connectivity index (χ3n) is 2.20. The standard InChI is InChI=1S/C13H19NO4/c1-7-13(5,6)9(10(15)16)8-14-11(17)18-12(2,3)4/h7,9H,1H2,2-6H3/p+1. The molecule has 0 saturated carbocycles. The van der Waals surface area contributed by atoms with Crippen LogP contribution < -0.4 is 0 Å². The second-order valence-electron chi connectivity index (χ2n) is 5.52. The van der Waals surface area contributed by atoms with E-state index in [1.807, 2.05) is 0 Å². The van der Waals surface area contributed by atoms with Crippen molar-refractivity contribution in [3.63, 3.8) is 0 Å². The molecule has 1 unspecified atom stereocenters. The fourth-order valence-electron chi connectivity index (χ4n) is 1.06. The summed E-state index contributed by atoms with van der Waals surface area (Å²) in [5.74, 6) is -2.17. The summed E-state index contributed by atoms with van der Waals surface area (Å²) in [6.45, 7) is 12.0. The summed E-state index contributed by atoms with van der Waals surface area (Å²) in [6.07, 6.45) is 0.636. The fraction of sp³-hybridized carbons (Fsp3) is 0.615. The quantitative estimate of drug-likeness (QED) is 0.785. The maximum atomic E-state index is 11.3. The number of carboxylic acid groups (broad SMARTS) is 1. The predicted molar refractivity (Wildman–Crippen MR) is 68.6 cm³/mol. The number of carbonyl (C=O) groups excluding carboxylic acids is 1. The molecule has 0 aliphatic rings. The van der Waals surface area contributed by atoms with Crippen LogP contribution >= 0.6 is 0 Å². The van der Waals surface area contributed by atoms with E-state index in [1.54, 1.807) is 34.6 Å². The number of amides is 1. The van der Waals surface area contributed by atoms with Gasteiger partial charge in [-0.3, -0.25) is 4.79 Å². The van der Waals surface area contributed by atoms with Crippen LogP contribution in [-0.4, -0.2) is 22.8 Å². The number of carboxylic acids is 1. The Morgan fingerprint density at radius 2 is 1.83 bits per heavy atom. The summed E-state index contributed by atoms with van der Waals surface area (Å²) in [5.41, 5.74) is -1.42. The van der Waals surface area contributed by atoms with Crippen LogP contribution in [0.4, 0.5) is 4.79 Å². The van der Waals surface area contributed by atoms with E-state index < -0.39 is 29.0 Å². The van der Waals surface area contributed by atoms with Gasteiger partial charge in [-0.05, 0) is 20.8 Å². The molecule has 0 aliphatic heterocycles. The number of rotatable bonds is 3. The molecule has 0 aromatic rings. The van der Waals surface area contributed by atoms with E-state index in [0.29, 0.717) is 0 Å². The Balaban J connectivity index is 4.99. The largest absolute Gasteiger partial charge is 0.728 e. The van der Waals surface area contributed by atoms with Crippen molar-refractivity contribution in [2.75, 3.05) is 0 Å². The van der Waals surface area contributed by atoms with Crippen LogP contribution in [0.5, 0.6) is 0 Å². The molecule has 1 N–H and O–H groups in total. The predicted octanol–water partition coefficient (Wildman–Crippen LogP) is 3.17. The molecule has 0 aliphatic carbocycles. The molecule has 0 aromatic carbocycles. The van der Waals surface area contributed by atoms with E-state index in [4.69, 9.17) is 9.84 Å². The molecule has 100 valence electrons. The number of ether oxygens (including phenoxy) is 1. The number of carbonyl (C=O) groups is 2. The lowest BCUT2D eigenvalue weighted by Gasteiger charge is -2.19. The van der Waals surface area contributed by atoms with Gasteiger partial charge in [0.1, 0.15) is 5.60 Å². The summed E-state index contributed by atoms with van der Waals surface area (Å²) in [5, 5.41) is 9.06. The van der Waals surface area contributed by atoms with Crippen molar-refractivity contribution in [3.8, 4) is 6.07 Å². The molecule has 0 fully saturated rings. The Bertz CT molecular complexity index is 407. The van der Waals surface area contributed by atoms with Gasteiger partial charge < -0.3 is 9.84 Å². The maximum absolute atomic E-state index is 11.3. The van der Waals surface area contributed by atoms with Gasteiger partial charge in [0.25, 0.3) is 0 Å². The first-order chi connectivity index (χ1) is 7.99. The highest BCUT2D eigenvalue weighted by atomic mass is 16.6. The topological polar surface area (TPSA) is 68.0 Å². The molecule has 0 rings (SSSR count). The molecule has 0 saturated heterocycles. The molecule has 1 atom stereocenters.